The van der Waals surface area contributed by atoms with E-state index in [1.807, 2.05) is 0 Å². The van der Waals surface area contributed by atoms with Gasteiger partial charge < -0.3 is 0 Å². The lowest BCUT2D eigenvalue weighted by Gasteiger charge is -2.11. The zero-order valence-electron chi connectivity index (χ0n) is 9.14. The molecule has 0 saturated carbocycles. The van der Waals surface area contributed by atoms with Crippen LogP contribution < -0.4 is 0 Å². The normalized spacial score (nSPS) is 12.4. The van der Waals surface area contributed by atoms with Crippen LogP contribution in [-0.2, 0) is 6.42 Å². The van der Waals surface area contributed by atoms with Crippen molar-refractivity contribution in [3.05, 3.63) is 28.2 Å². The van der Waals surface area contributed by atoms with Crippen LogP contribution in [0, 0.1) is 13.8 Å². The third-order valence-corrected chi connectivity index (χ3v) is 2.73. The van der Waals surface area contributed by atoms with E-state index in [0.29, 0.717) is 11.3 Å². The van der Waals surface area contributed by atoms with Crippen LogP contribution in [0.5, 0.6) is 0 Å². The van der Waals surface area contributed by atoms with Gasteiger partial charge in [-0.05, 0) is 13.8 Å². The lowest BCUT2D eigenvalue weighted by molar-refractivity contribution is -0.127. The standard InChI is InChI=1S/C10H9ClF3N3/c1-5-3-8-15-6(2)7(4-10(12,13)14)9(11)17(8)16-5/h3H,4H2,1-2H3. The minimum Gasteiger partial charge on any atom is -0.233 e. The highest BCUT2D eigenvalue weighted by atomic mass is 35.5. The van der Waals surface area contributed by atoms with Gasteiger partial charge in [0.2, 0.25) is 0 Å². The molecule has 0 unspecified atom stereocenters. The van der Waals surface area contributed by atoms with Gasteiger partial charge in [-0.1, -0.05) is 11.6 Å². The molecule has 2 heterocycles. The molecule has 3 nitrogen and oxygen atoms in total. The fraction of sp³-hybridized carbons (Fsp3) is 0.400. The van der Waals surface area contributed by atoms with E-state index in [4.69, 9.17) is 11.6 Å². The second-order valence-electron chi connectivity index (χ2n) is 3.81. The van der Waals surface area contributed by atoms with E-state index in [2.05, 4.69) is 10.1 Å². The van der Waals surface area contributed by atoms with Crippen LogP contribution in [0.1, 0.15) is 17.0 Å². The average Bonchev–Trinajstić information content (AvgIpc) is 2.52. The molecule has 0 fully saturated rings. The van der Waals surface area contributed by atoms with Crippen LogP contribution >= 0.6 is 11.6 Å². The Balaban J connectivity index is 2.63. The van der Waals surface area contributed by atoms with Gasteiger partial charge in [-0.2, -0.15) is 18.3 Å². The zero-order valence-corrected chi connectivity index (χ0v) is 9.89. The van der Waals surface area contributed by atoms with Gasteiger partial charge in [0, 0.05) is 17.3 Å². The van der Waals surface area contributed by atoms with Gasteiger partial charge in [0.15, 0.2) is 5.65 Å². The predicted octanol–water partition coefficient (Wildman–Crippen LogP) is 3.10. The van der Waals surface area contributed by atoms with Crippen molar-refractivity contribution in [1.29, 1.82) is 0 Å². The number of aromatic nitrogens is 3. The highest BCUT2D eigenvalue weighted by Crippen LogP contribution is 2.28. The van der Waals surface area contributed by atoms with Gasteiger partial charge in [-0.3, -0.25) is 0 Å². The Morgan fingerprint density at radius 3 is 2.59 bits per heavy atom. The highest BCUT2D eigenvalue weighted by molar-refractivity contribution is 6.30. The van der Waals surface area contributed by atoms with E-state index < -0.39 is 12.6 Å². The number of hydrogen-bond acceptors (Lipinski definition) is 2. The van der Waals surface area contributed by atoms with E-state index in [-0.39, 0.29) is 16.4 Å². The Labute approximate surface area is 100 Å². The van der Waals surface area contributed by atoms with Crippen molar-refractivity contribution in [2.45, 2.75) is 26.4 Å². The van der Waals surface area contributed by atoms with Crippen LogP contribution in [-0.4, -0.2) is 20.8 Å². The Morgan fingerprint density at radius 2 is 2.00 bits per heavy atom. The van der Waals surface area contributed by atoms with Gasteiger partial charge in [0.25, 0.3) is 0 Å². The molecule has 0 N–H and O–H groups in total. The summed E-state index contributed by atoms with van der Waals surface area (Å²) in [4.78, 5) is 4.06. The fourth-order valence-corrected chi connectivity index (χ4v) is 1.96. The molecule has 0 aromatic carbocycles. The van der Waals surface area contributed by atoms with Crippen LogP contribution in [0.15, 0.2) is 6.07 Å². The molecule has 0 aliphatic carbocycles. The molecule has 2 rings (SSSR count). The number of nitrogens with zero attached hydrogens (tertiary/aromatic N) is 3. The molecular weight excluding hydrogens is 255 g/mol. The number of hydrogen-bond donors (Lipinski definition) is 0. The second-order valence-corrected chi connectivity index (χ2v) is 4.17. The topological polar surface area (TPSA) is 30.2 Å². The summed E-state index contributed by atoms with van der Waals surface area (Å²) in [7, 11) is 0. The third kappa shape index (κ3) is 2.36. The van der Waals surface area contributed by atoms with Crippen molar-refractivity contribution >= 4 is 17.2 Å². The van der Waals surface area contributed by atoms with E-state index in [1.165, 1.54) is 11.4 Å². The molecule has 2 aromatic rings. The minimum absolute atomic E-state index is 0.0297. The minimum atomic E-state index is -4.31. The van der Waals surface area contributed by atoms with Crippen molar-refractivity contribution < 1.29 is 13.2 Å². The maximum absolute atomic E-state index is 12.4. The summed E-state index contributed by atoms with van der Waals surface area (Å²) >= 11 is 5.93. The van der Waals surface area contributed by atoms with E-state index >= 15 is 0 Å². The molecule has 2 aromatic heterocycles. The monoisotopic (exact) mass is 263 g/mol. The third-order valence-electron chi connectivity index (χ3n) is 2.34. The first-order valence-electron chi connectivity index (χ1n) is 4.86. The molecular formula is C10H9ClF3N3. The maximum Gasteiger partial charge on any atom is 0.393 e. The van der Waals surface area contributed by atoms with Crippen LogP contribution in [0.2, 0.25) is 5.15 Å². The lowest BCUT2D eigenvalue weighted by atomic mass is 10.2. The Kier molecular flexibility index (Phi) is 2.77. The first kappa shape index (κ1) is 12.2. The summed E-state index contributed by atoms with van der Waals surface area (Å²) in [6.07, 6.45) is -5.41. The SMILES string of the molecule is Cc1cc2nc(C)c(CC(F)(F)F)c(Cl)n2n1. The van der Waals surface area contributed by atoms with Crippen molar-refractivity contribution in [2.24, 2.45) is 0 Å². The highest BCUT2D eigenvalue weighted by Gasteiger charge is 2.31. The van der Waals surface area contributed by atoms with Crippen molar-refractivity contribution in [1.82, 2.24) is 14.6 Å². The summed E-state index contributed by atoms with van der Waals surface area (Å²) in [5, 5.41) is 3.97. The Hall–Kier alpha value is -1.30. The van der Waals surface area contributed by atoms with Crippen molar-refractivity contribution in [3.8, 4) is 0 Å². The summed E-state index contributed by atoms with van der Waals surface area (Å²) < 4.78 is 38.4. The van der Waals surface area contributed by atoms with Crippen LogP contribution in [0.25, 0.3) is 5.65 Å². The quantitative estimate of drug-likeness (QED) is 0.740. The molecule has 0 saturated heterocycles. The summed E-state index contributed by atoms with van der Waals surface area (Å²) in [5.41, 5.74) is 1.35. The van der Waals surface area contributed by atoms with Crippen molar-refractivity contribution in [2.75, 3.05) is 0 Å². The molecule has 0 bridgehead atoms. The average molecular weight is 264 g/mol. The van der Waals surface area contributed by atoms with Crippen molar-refractivity contribution in [3.63, 3.8) is 0 Å². The number of aryl methyl sites for hydroxylation is 2. The molecule has 7 heteroatoms. The number of halogens is 4. The predicted molar refractivity (Wildman–Crippen MR) is 57.2 cm³/mol. The van der Waals surface area contributed by atoms with Gasteiger partial charge in [0.1, 0.15) is 5.15 Å². The van der Waals surface area contributed by atoms with Crippen LogP contribution in [0.3, 0.4) is 0 Å². The zero-order chi connectivity index (χ0) is 12.8. The molecule has 0 atom stereocenters. The largest absolute Gasteiger partial charge is 0.393 e. The number of alkyl halides is 3. The molecule has 0 amide bonds. The molecule has 0 aliphatic rings. The van der Waals surface area contributed by atoms with Gasteiger partial charge in [0.05, 0.1) is 12.1 Å². The van der Waals surface area contributed by atoms with E-state index in [0.717, 1.165) is 0 Å². The van der Waals surface area contributed by atoms with E-state index in [1.54, 1.807) is 13.0 Å². The number of fused-ring (bicyclic) bond motifs is 1. The van der Waals surface area contributed by atoms with Gasteiger partial charge >= 0.3 is 6.18 Å². The Bertz CT molecular complexity index is 574. The van der Waals surface area contributed by atoms with Crippen LogP contribution in [0.4, 0.5) is 13.2 Å². The van der Waals surface area contributed by atoms with E-state index in [9.17, 15) is 13.2 Å². The molecule has 92 valence electrons. The smallest absolute Gasteiger partial charge is 0.233 e. The lowest BCUT2D eigenvalue weighted by Crippen LogP contribution is -2.15. The van der Waals surface area contributed by atoms with Gasteiger partial charge in [-0.25, -0.2) is 9.50 Å². The summed E-state index contributed by atoms with van der Waals surface area (Å²) in [6, 6.07) is 1.66. The number of rotatable bonds is 1. The molecule has 0 radical (unpaired) electrons. The Morgan fingerprint density at radius 1 is 1.35 bits per heavy atom. The molecule has 0 spiro atoms. The molecule has 17 heavy (non-hydrogen) atoms. The summed E-state index contributed by atoms with van der Waals surface area (Å²) in [5.74, 6) is 0. The maximum atomic E-state index is 12.4. The van der Waals surface area contributed by atoms with Gasteiger partial charge in [-0.15, -0.1) is 0 Å². The second kappa shape index (κ2) is 3.87. The fourth-order valence-electron chi connectivity index (χ4n) is 1.63. The first-order chi connectivity index (χ1) is 7.78. The molecule has 0 aliphatic heterocycles. The first-order valence-corrected chi connectivity index (χ1v) is 5.24. The summed E-state index contributed by atoms with van der Waals surface area (Å²) in [6.45, 7) is 3.24.